The van der Waals surface area contributed by atoms with E-state index in [0.717, 1.165) is 36.2 Å². The van der Waals surface area contributed by atoms with Crippen molar-refractivity contribution in [3.63, 3.8) is 0 Å². The fourth-order valence-corrected chi connectivity index (χ4v) is 2.47. The second-order valence-corrected chi connectivity index (χ2v) is 5.21. The van der Waals surface area contributed by atoms with Crippen molar-refractivity contribution in [3.05, 3.63) is 17.0 Å². The van der Waals surface area contributed by atoms with Gasteiger partial charge >= 0.3 is 6.03 Å². The molecule has 3 N–H and O–H groups in total. The Bertz CT molecular complexity index is 457. The molecule has 6 nitrogen and oxygen atoms in total. The van der Waals surface area contributed by atoms with Crippen molar-refractivity contribution in [1.29, 1.82) is 0 Å². The van der Waals surface area contributed by atoms with E-state index in [1.807, 2.05) is 18.7 Å². The molecule has 1 aromatic rings. The summed E-state index contributed by atoms with van der Waals surface area (Å²) >= 11 is 0. The number of carbonyl (C=O) groups excluding carboxylic acids is 1. The number of aliphatic hydroxyl groups is 1. The van der Waals surface area contributed by atoms with Gasteiger partial charge in [0, 0.05) is 31.4 Å². The van der Waals surface area contributed by atoms with E-state index in [9.17, 15) is 9.90 Å². The van der Waals surface area contributed by atoms with Crippen LogP contribution in [-0.2, 0) is 26.4 Å². The minimum atomic E-state index is -0.475. The second kappa shape index (κ2) is 8.67. The van der Waals surface area contributed by atoms with E-state index in [1.165, 1.54) is 0 Å². The molecule has 120 valence electrons. The summed E-state index contributed by atoms with van der Waals surface area (Å²) in [5.41, 5.74) is 3.28. The van der Waals surface area contributed by atoms with Crippen LogP contribution in [0.2, 0.25) is 0 Å². The molecule has 0 radical (unpaired) electrons. The van der Waals surface area contributed by atoms with Gasteiger partial charge in [-0.15, -0.1) is 0 Å². The van der Waals surface area contributed by atoms with Gasteiger partial charge in [0.25, 0.3) is 0 Å². The van der Waals surface area contributed by atoms with Crippen LogP contribution in [0.25, 0.3) is 0 Å². The summed E-state index contributed by atoms with van der Waals surface area (Å²) < 4.78 is 1.89. The van der Waals surface area contributed by atoms with Crippen LogP contribution in [0.5, 0.6) is 0 Å². The van der Waals surface area contributed by atoms with Crippen molar-refractivity contribution in [1.82, 2.24) is 20.4 Å². The standard InChI is InChI=1S/C15H28N4O2/c1-5-8-11(20)9-16-15(21)17-10-12-13(6-2)18-19(4)14(12)7-3/h11,20H,5-10H2,1-4H3,(H2,16,17,21). The van der Waals surface area contributed by atoms with Gasteiger partial charge in [-0.3, -0.25) is 4.68 Å². The van der Waals surface area contributed by atoms with Crippen LogP contribution < -0.4 is 10.6 Å². The molecule has 1 aromatic heterocycles. The average molecular weight is 296 g/mol. The normalized spacial score (nSPS) is 12.2. The molecule has 0 fully saturated rings. The summed E-state index contributed by atoms with van der Waals surface area (Å²) in [6.07, 6.45) is 2.86. The zero-order valence-corrected chi connectivity index (χ0v) is 13.6. The molecule has 0 saturated heterocycles. The predicted octanol–water partition coefficient (Wildman–Crippen LogP) is 1.51. The van der Waals surface area contributed by atoms with E-state index in [0.29, 0.717) is 13.0 Å². The van der Waals surface area contributed by atoms with Gasteiger partial charge in [-0.25, -0.2) is 4.79 Å². The molecule has 1 rings (SSSR count). The molecule has 1 heterocycles. The van der Waals surface area contributed by atoms with E-state index in [4.69, 9.17) is 0 Å². The highest BCUT2D eigenvalue weighted by Gasteiger charge is 2.14. The van der Waals surface area contributed by atoms with Crippen molar-refractivity contribution in [2.45, 2.75) is 59.1 Å². The molecule has 0 aliphatic heterocycles. The summed E-state index contributed by atoms with van der Waals surface area (Å²) in [4.78, 5) is 11.8. The lowest BCUT2D eigenvalue weighted by atomic mass is 10.1. The van der Waals surface area contributed by atoms with E-state index in [2.05, 4.69) is 29.6 Å². The first-order chi connectivity index (χ1) is 10.0. The summed E-state index contributed by atoms with van der Waals surface area (Å²) in [6.45, 7) is 6.90. The van der Waals surface area contributed by atoms with E-state index >= 15 is 0 Å². The second-order valence-electron chi connectivity index (χ2n) is 5.21. The summed E-state index contributed by atoms with van der Waals surface area (Å²) in [5, 5.41) is 19.6. The molecule has 0 aliphatic rings. The van der Waals surface area contributed by atoms with Crippen molar-refractivity contribution >= 4 is 6.03 Å². The van der Waals surface area contributed by atoms with Crippen molar-refractivity contribution in [2.75, 3.05) is 6.54 Å². The van der Waals surface area contributed by atoms with Crippen molar-refractivity contribution < 1.29 is 9.90 Å². The number of aliphatic hydroxyl groups excluding tert-OH is 1. The molecule has 0 spiro atoms. The Morgan fingerprint density at radius 1 is 1.29 bits per heavy atom. The van der Waals surface area contributed by atoms with Gasteiger partial charge in [0.2, 0.25) is 0 Å². The highest BCUT2D eigenvalue weighted by Crippen LogP contribution is 2.15. The maximum atomic E-state index is 11.8. The first-order valence-electron chi connectivity index (χ1n) is 7.76. The Balaban J connectivity index is 2.53. The Morgan fingerprint density at radius 3 is 2.57 bits per heavy atom. The van der Waals surface area contributed by atoms with Gasteiger partial charge in [0.15, 0.2) is 0 Å². The number of amides is 2. The third-order valence-corrected chi connectivity index (χ3v) is 3.57. The Hall–Kier alpha value is -1.56. The van der Waals surface area contributed by atoms with Gasteiger partial charge in [0.1, 0.15) is 0 Å². The predicted molar refractivity (Wildman–Crippen MR) is 83.1 cm³/mol. The zero-order chi connectivity index (χ0) is 15.8. The summed E-state index contributed by atoms with van der Waals surface area (Å²) in [6, 6.07) is -0.252. The quantitative estimate of drug-likeness (QED) is 0.680. The van der Waals surface area contributed by atoms with Gasteiger partial charge < -0.3 is 15.7 Å². The molecule has 0 aromatic carbocycles. The third kappa shape index (κ3) is 5.04. The van der Waals surface area contributed by atoms with Gasteiger partial charge in [0.05, 0.1) is 11.8 Å². The fourth-order valence-electron chi connectivity index (χ4n) is 2.47. The number of carbonyl (C=O) groups is 1. The summed E-state index contributed by atoms with van der Waals surface area (Å²) in [7, 11) is 1.93. The van der Waals surface area contributed by atoms with E-state index < -0.39 is 6.10 Å². The van der Waals surface area contributed by atoms with Crippen LogP contribution in [-0.4, -0.2) is 33.6 Å². The van der Waals surface area contributed by atoms with Gasteiger partial charge in [-0.2, -0.15) is 5.10 Å². The minimum Gasteiger partial charge on any atom is -0.391 e. The molecule has 1 unspecified atom stereocenters. The highest BCUT2D eigenvalue weighted by molar-refractivity contribution is 5.73. The molecule has 0 saturated carbocycles. The van der Waals surface area contributed by atoms with Crippen LogP contribution in [0.15, 0.2) is 0 Å². The topological polar surface area (TPSA) is 79.2 Å². The Labute approximate surface area is 126 Å². The van der Waals surface area contributed by atoms with Crippen molar-refractivity contribution in [3.8, 4) is 0 Å². The van der Waals surface area contributed by atoms with E-state index in [1.54, 1.807) is 0 Å². The van der Waals surface area contributed by atoms with Crippen molar-refractivity contribution in [2.24, 2.45) is 7.05 Å². The number of rotatable bonds is 8. The Kier molecular flexibility index (Phi) is 7.22. The van der Waals surface area contributed by atoms with Crippen LogP contribution in [0.3, 0.4) is 0 Å². The largest absolute Gasteiger partial charge is 0.391 e. The average Bonchev–Trinajstić information content (AvgIpc) is 2.78. The lowest BCUT2D eigenvalue weighted by molar-refractivity contribution is 0.160. The van der Waals surface area contributed by atoms with E-state index in [-0.39, 0.29) is 12.6 Å². The maximum absolute atomic E-state index is 11.8. The SMILES string of the molecule is CCCC(O)CNC(=O)NCc1c(CC)nn(C)c1CC. The van der Waals surface area contributed by atoms with Gasteiger partial charge in [-0.05, 0) is 19.3 Å². The number of nitrogens with zero attached hydrogens (tertiary/aromatic N) is 2. The number of aromatic nitrogens is 2. The first-order valence-corrected chi connectivity index (χ1v) is 7.76. The number of nitrogens with one attached hydrogen (secondary N) is 2. The molecular formula is C15H28N4O2. The van der Waals surface area contributed by atoms with Gasteiger partial charge in [-0.1, -0.05) is 27.2 Å². The molecule has 2 amide bonds. The van der Waals surface area contributed by atoms with Crippen LogP contribution in [0.1, 0.15) is 50.6 Å². The zero-order valence-electron chi connectivity index (χ0n) is 13.6. The number of urea groups is 1. The third-order valence-electron chi connectivity index (χ3n) is 3.57. The maximum Gasteiger partial charge on any atom is 0.315 e. The fraction of sp³-hybridized carbons (Fsp3) is 0.733. The van der Waals surface area contributed by atoms with Crippen LogP contribution >= 0.6 is 0 Å². The molecular weight excluding hydrogens is 268 g/mol. The smallest absolute Gasteiger partial charge is 0.315 e. The highest BCUT2D eigenvalue weighted by atomic mass is 16.3. The molecule has 6 heteroatoms. The summed E-state index contributed by atoms with van der Waals surface area (Å²) in [5.74, 6) is 0. The monoisotopic (exact) mass is 296 g/mol. The number of hydrogen-bond donors (Lipinski definition) is 3. The lowest BCUT2D eigenvalue weighted by Gasteiger charge is -2.12. The first kappa shape index (κ1) is 17.5. The molecule has 21 heavy (non-hydrogen) atoms. The Morgan fingerprint density at radius 2 is 2.00 bits per heavy atom. The number of aryl methyl sites for hydroxylation is 2. The van der Waals surface area contributed by atoms with Crippen LogP contribution in [0.4, 0.5) is 4.79 Å². The van der Waals surface area contributed by atoms with Crippen LogP contribution in [0, 0.1) is 0 Å². The lowest BCUT2D eigenvalue weighted by Crippen LogP contribution is -2.39. The molecule has 0 aliphatic carbocycles. The molecule has 0 bridgehead atoms. The molecule has 1 atom stereocenters. The number of hydrogen-bond acceptors (Lipinski definition) is 3. The minimum absolute atomic E-state index is 0.252.